The van der Waals surface area contributed by atoms with Crippen LogP contribution in [-0.2, 0) is 26.7 Å². The fourth-order valence-corrected chi connectivity index (χ4v) is 3.72. The third-order valence-electron chi connectivity index (χ3n) is 5.17. The Bertz CT molecular complexity index is 1120. The summed E-state index contributed by atoms with van der Waals surface area (Å²) >= 11 is 0. The van der Waals surface area contributed by atoms with E-state index < -0.39 is 0 Å². The van der Waals surface area contributed by atoms with Gasteiger partial charge in [-0.1, -0.05) is 12.1 Å². The summed E-state index contributed by atoms with van der Waals surface area (Å²) in [5, 5.41) is 0.773. The van der Waals surface area contributed by atoms with Gasteiger partial charge in [0, 0.05) is 75.2 Å². The minimum Gasteiger partial charge on any atom is -0.350 e. The van der Waals surface area contributed by atoms with E-state index in [-0.39, 0.29) is 5.43 Å². The van der Waals surface area contributed by atoms with Crippen molar-refractivity contribution in [3.8, 4) is 0 Å². The van der Waals surface area contributed by atoms with Crippen LogP contribution in [0.15, 0.2) is 78.5 Å². The maximum absolute atomic E-state index is 13.1. The number of aryl methyl sites for hydroxylation is 2. The Morgan fingerprint density at radius 1 is 1.00 bits per heavy atom. The molecule has 0 aliphatic heterocycles. The number of para-hydroxylation sites is 1. The number of pyridine rings is 2. The van der Waals surface area contributed by atoms with Crippen LogP contribution < -0.4 is 5.43 Å². The average molecular weight is 387 g/mol. The Balaban J connectivity index is 1.56. The average Bonchev–Trinajstić information content (AvgIpc) is 3.26. The first-order valence-electron chi connectivity index (χ1n) is 9.85. The van der Waals surface area contributed by atoms with Gasteiger partial charge in [-0.25, -0.2) is 4.98 Å². The Morgan fingerprint density at radius 2 is 1.83 bits per heavy atom. The van der Waals surface area contributed by atoms with Gasteiger partial charge in [0.05, 0.1) is 11.8 Å². The number of hydrogen-bond donors (Lipinski definition) is 0. The lowest BCUT2D eigenvalue weighted by atomic mass is 10.1. The number of rotatable bonds is 8. The van der Waals surface area contributed by atoms with Crippen molar-refractivity contribution < 1.29 is 0 Å². The molecule has 0 amide bonds. The molecule has 0 saturated heterocycles. The third kappa shape index (κ3) is 4.60. The van der Waals surface area contributed by atoms with Crippen LogP contribution in [0.4, 0.5) is 0 Å². The molecule has 0 radical (unpaired) electrons. The second kappa shape index (κ2) is 8.84. The SMILES string of the molecule is Cn1cc(CN(CCCn2ccnc2)Cc2ccncc2)c(=O)c2ccccc21. The summed E-state index contributed by atoms with van der Waals surface area (Å²) < 4.78 is 4.13. The fraction of sp³-hybridized carbons (Fsp3) is 0.261. The summed E-state index contributed by atoms with van der Waals surface area (Å²) in [6.45, 7) is 3.19. The smallest absolute Gasteiger partial charge is 0.193 e. The topological polar surface area (TPSA) is 56.0 Å². The zero-order valence-corrected chi connectivity index (χ0v) is 16.6. The minimum absolute atomic E-state index is 0.119. The highest BCUT2D eigenvalue weighted by molar-refractivity contribution is 5.79. The fourth-order valence-electron chi connectivity index (χ4n) is 3.72. The van der Waals surface area contributed by atoms with Crippen LogP contribution >= 0.6 is 0 Å². The molecule has 6 nitrogen and oxygen atoms in total. The van der Waals surface area contributed by atoms with Gasteiger partial charge in [0.2, 0.25) is 0 Å². The van der Waals surface area contributed by atoms with Crippen molar-refractivity contribution in [2.45, 2.75) is 26.1 Å². The number of fused-ring (bicyclic) bond motifs is 1. The first-order chi connectivity index (χ1) is 14.2. The molecule has 6 heteroatoms. The van der Waals surface area contributed by atoms with E-state index in [9.17, 15) is 4.79 Å². The van der Waals surface area contributed by atoms with Crippen LogP contribution in [0.3, 0.4) is 0 Å². The van der Waals surface area contributed by atoms with Crippen LogP contribution in [0.25, 0.3) is 10.9 Å². The molecule has 0 spiro atoms. The van der Waals surface area contributed by atoms with Gasteiger partial charge < -0.3 is 9.13 Å². The van der Waals surface area contributed by atoms with Crippen molar-refractivity contribution in [1.82, 2.24) is 24.0 Å². The predicted molar refractivity (Wildman–Crippen MR) is 114 cm³/mol. The van der Waals surface area contributed by atoms with E-state index in [1.54, 1.807) is 6.20 Å². The molecule has 148 valence electrons. The van der Waals surface area contributed by atoms with Crippen LogP contribution in [0.1, 0.15) is 17.5 Å². The molecular formula is C23H25N5O. The highest BCUT2D eigenvalue weighted by Crippen LogP contribution is 2.13. The molecule has 0 saturated carbocycles. The molecule has 0 atom stereocenters. The number of benzene rings is 1. The van der Waals surface area contributed by atoms with Crippen molar-refractivity contribution in [2.75, 3.05) is 6.54 Å². The summed E-state index contributed by atoms with van der Waals surface area (Å²) in [4.78, 5) is 23.6. The molecule has 3 aromatic heterocycles. The van der Waals surface area contributed by atoms with Gasteiger partial charge in [0.15, 0.2) is 5.43 Å². The van der Waals surface area contributed by atoms with Crippen LogP contribution in [0.5, 0.6) is 0 Å². The van der Waals surface area contributed by atoms with E-state index in [0.717, 1.165) is 42.5 Å². The van der Waals surface area contributed by atoms with E-state index in [2.05, 4.69) is 19.4 Å². The van der Waals surface area contributed by atoms with E-state index in [1.807, 2.05) is 79.1 Å². The molecule has 4 aromatic rings. The largest absolute Gasteiger partial charge is 0.350 e. The van der Waals surface area contributed by atoms with Gasteiger partial charge in [-0.3, -0.25) is 14.7 Å². The van der Waals surface area contributed by atoms with Crippen LogP contribution in [0.2, 0.25) is 0 Å². The van der Waals surface area contributed by atoms with Gasteiger partial charge >= 0.3 is 0 Å². The van der Waals surface area contributed by atoms with E-state index in [1.165, 1.54) is 5.56 Å². The summed E-state index contributed by atoms with van der Waals surface area (Å²) in [6, 6.07) is 11.8. The molecule has 0 unspecified atom stereocenters. The summed E-state index contributed by atoms with van der Waals surface area (Å²) in [5.74, 6) is 0. The van der Waals surface area contributed by atoms with Crippen molar-refractivity contribution in [3.63, 3.8) is 0 Å². The molecule has 0 aliphatic carbocycles. The Morgan fingerprint density at radius 3 is 2.62 bits per heavy atom. The third-order valence-corrected chi connectivity index (χ3v) is 5.17. The second-order valence-corrected chi connectivity index (χ2v) is 7.33. The minimum atomic E-state index is 0.119. The molecule has 0 fully saturated rings. The lowest BCUT2D eigenvalue weighted by Crippen LogP contribution is -2.28. The zero-order valence-electron chi connectivity index (χ0n) is 16.6. The summed E-state index contributed by atoms with van der Waals surface area (Å²) in [5.41, 5.74) is 3.10. The number of hydrogen-bond acceptors (Lipinski definition) is 4. The highest BCUT2D eigenvalue weighted by Gasteiger charge is 2.13. The Kier molecular flexibility index (Phi) is 5.81. The molecule has 0 N–H and O–H groups in total. The maximum Gasteiger partial charge on any atom is 0.193 e. The quantitative estimate of drug-likeness (QED) is 0.466. The van der Waals surface area contributed by atoms with E-state index in [4.69, 9.17) is 0 Å². The van der Waals surface area contributed by atoms with Crippen molar-refractivity contribution in [2.24, 2.45) is 7.05 Å². The van der Waals surface area contributed by atoms with Crippen LogP contribution in [0, 0.1) is 0 Å². The maximum atomic E-state index is 13.1. The lowest BCUT2D eigenvalue weighted by Gasteiger charge is -2.23. The van der Waals surface area contributed by atoms with Gasteiger partial charge in [0.25, 0.3) is 0 Å². The highest BCUT2D eigenvalue weighted by atomic mass is 16.1. The van der Waals surface area contributed by atoms with Crippen molar-refractivity contribution in [1.29, 1.82) is 0 Å². The second-order valence-electron chi connectivity index (χ2n) is 7.33. The summed E-state index contributed by atoms with van der Waals surface area (Å²) in [7, 11) is 2.00. The molecule has 3 heterocycles. The van der Waals surface area contributed by atoms with Crippen molar-refractivity contribution in [3.05, 3.63) is 95.1 Å². The van der Waals surface area contributed by atoms with Gasteiger partial charge in [-0.2, -0.15) is 0 Å². The normalized spacial score (nSPS) is 11.4. The first kappa shape index (κ1) is 19.1. The number of imidazole rings is 1. The Labute approximate surface area is 170 Å². The number of nitrogens with zero attached hydrogens (tertiary/aromatic N) is 5. The summed E-state index contributed by atoms with van der Waals surface area (Å²) in [6.07, 6.45) is 12.2. The predicted octanol–water partition coefficient (Wildman–Crippen LogP) is 3.22. The van der Waals surface area contributed by atoms with E-state index in [0.29, 0.717) is 6.54 Å². The zero-order chi connectivity index (χ0) is 20.1. The van der Waals surface area contributed by atoms with Gasteiger partial charge in [-0.05, 0) is 36.2 Å². The molecule has 0 bridgehead atoms. The molecule has 29 heavy (non-hydrogen) atoms. The molecule has 4 rings (SSSR count). The lowest BCUT2D eigenvalue weighted by molar-refractivity contribution is 0.247. The standard InChI is InChI=1S/C23H25N5O/c1-26-16-20(23(29)21-5-2-3-6-22(21)26)17-28(15-19-7-9-24-10-8-19)13-4-12-27-14-11-25-18-27/h2-3,5-11,14,16,18H,4,12-13,15,17H2,1H3. The van der Waals surface area contributed by atoms with E-state index >= 15 is 0 Å². The first-order valence-corrected chi connectivity index (χ1v) is 9.85. The molecule has 1 aromatic carbocycles. The molecular weight excluding hydrogens is 362 g/mol. The van der Waals surface area contributed by atoms with Gasteiger partial charge in [0.1, 0.15) is 0 Å². The van der Waals surface area contributed by atoms with Crippen molar-refractivity contribution >= 4 is 10.9 Å². The van der Waals surface area contributed by atoms with Crippen LogP contribution in [-0.4, -0.2) is 30.5 Å². The Hall–Kier alpha value is -3.25. The monoisotopic (exact) mass is 387 g/mol. The molecule has 0 aliphatic rings. The number of aromatic nitrogens is 4. The van der Waals surface area contributed by atoms with Gasteiger partial charge in [-0.15, -0.1) is 0 Å².